The molecule has 0 aromatic rings. The molecule has 2 bridgehead atoms. The molecule has 2 heteroatoms. The Labute approximate surface area is 93.1 Å². The van der Waals surface area contributed by atoms with Crippen molar-refractivity contribution in [3.8, 4) is 0 Å². The third-order valence-corrected chi connectivity index (χ3v) is 4.98. The Hall–Kier alpha value is -0.530. The second-order valence-electron chi connectivity index (χ2n) is 5.86. The van der Waals surface area contributed by atoms with E-state index in [0.717, 1.165) is 25.4 Å². The summed E-state index contributed by atoms with van der Waals surface area (Å²) in [4.78, 5) is 5.37. The zero-order valence-electron chi connectivity index (χ0n) is 10.5. The first-order valence-corrected chi connectivity index (χ1v) is 6.21. The van der Waals surface area contributed by atoms with E-state index in [4.69, 9.17) is 4.84 Å². The molecule has 2 atom stereocenters. The monoisotopic (exact) mass is 209 g/mol. The lowest BCUT2D eigenvalue weighted by atomic mass is 9.70. The zero-order chi connectivity index (χ0) is 11.1. The molecule has 0 aromatic carbocycles. The van der Waals surface area contributed by atoms with Gasteiger partial charge in [-0.25, -0.2) is 0 Å². The lowest BCUT2D eigenvalue weighted by Crippen LogP contribution is -2.32. The molecule has 0 N–H and O–H groups in total. The topological polar surface area (TPSA) is 21.6 Å². The minimum absolute atomic E-state index is 0.297. The Morgan fingerprint density at radius 3 is 2.60 bits per heavy atom. The Balaban J connectivity index is 2.15. The van der Waals surface area contributed by atoms with Crippen LogP contribution in [0, 0.1) is 16.7 Å². The number of hydrogen-bond acceptors (Lipinski definition) is 2. The van der Waals surface area contributed by atoms with E-state index < -0.39 is 0 Å². The van der Waals surface area contributed by atoms with Crippen LogP contribution >= 0.6 is 0 Å². The quantitative estimate of drug-likeness (QED) is 0.514. The molecule has 0 aromatic heterocycles. The highest BCUT2D eigenvalue weighted by Gasteiger charge is 2.60. The fraction of sp³-hybridized carbons (Fsp3) is 0.923. The average Bonchev–Trinajstić information content (AvgIpc) is 2.51. The molecule has 2 nitrogen and oxygen atoms in total. The summed E-state index contributed by atoms with van der Waals surface area (Å²) in [6.07, 6.45) is 4.86. The van der Waals surface area contributed by atoms with Gasteiger partial charge in [-0.1, -0.05) is 32.9 Å². The summed E-state index contributed by atoms with van der Waals surface area (Å²) >= 11 is 0. The SMILES string of the molecule is CCCO/N=C1/CC2CCC1(C)C2(C)C. The van der Waals surface area contributed by atoms with Crippen molar-refractivity contribution in [3.63, 3.8) is 0 Å². The molecule has 0 heterocycles. The van der Waals surface area contributed by atoms with Gasteiger partial charge in [0.25, 0.3) is 0 Å². The number of fused-ring (bicyclic) bond motifs is 2. The molecule has 2 aliphatic carbocycles. The maximum atomic E-state index is 5.37. The smallest absolute Gasteiger partial charge is 0.116 e. The zero-order valence-corrected chi connectivity index (χ0v) is 10.5. The van der Waals surface area contributed by atoms with E-state index in [9.17, 15) is 0 Å². The van der Waals surface area contributed by atoms with Crippen LogP contribution in [0.4, 0.5) is 0 Å². The van der Waals surface area contributed by atoms with Gasteiger partial charge in [0.1, 0.15) is 6.61 Å². The van der Waals surface area contributed by atoms with Gasteiger partial charge in [0.2, 0.25) is 0 Å². The summed E-state index contributed by atoms with van der Waals surface area (Å²) in [5.41, 5.74) is 2.03. The summed E-state index contributed by atoms with van der Waals surface area (Å²) < 4.78 is 0. The summed E-state index contributed by atoms with van der Waals surface area (Å²) in [6, 6.07) is 0. The summed E-state index contributed by atoms with van der Waals surface area (Å²) in [5, 5.41) is 4.38. The van der Waals surface area contributed by atoms with Crippen LogP contribution in [0.25, 0.3) is 0 Å². The minimum atomic E-state index is 0.297. The van der Waals surface area contributed by atoms with Gasteiger partial charge in [-0.2, -0.15) is 0 Å². The van der Waals surface area contributed by atoms with Gasteiger partial charge < -0.3 is 4.84 Å². The Morgan fingerprint density at radius 2 is 2.13 bits per heavy atom. The molecule has 0 saturated heterocycles. The van der Waals surface area contributed by atoms with Gasteiger partial charge >= 0.3 is 0 Å². The predicted molar refractivity (Wildman–Crippen MR) is 62.9 cm³/mol. The highest BCUT2D eigenvalue weighted by molar-refractivity contribution is 5.93. The number of hydrogen-bond donors (Lipinski definition) is 0. The number of rotatable bonds is 3. The molecule has 0 radical (unpaired) electrons. The molecule has 0 spiro atoms. The van der Waals surface area contributed by atoms with Crippen LogP contribution in [0.1, 0.15) is 53.4 Å². The predicted octanol–water partition coefficient (Wildman–Crippen LogP) is 3.62. The van der Waals surface area contributed by atoms with Gasteiger partial charge in [-0.15, -0.1) is 0 Å². The molecule has 15 heavy (non-hydrogen) atoms. The van der Waals surface area contributed by atoms with Crippen molar-refractivity contribution in [3.05, 3.63) is 0 Å². The third kappa shape index (κ3) is 1.41. The fourth-order valence-electron chi connectivity index (χ4n) is 3.28. The van der Waals surface area contributed by atoms with Crippen molar-refractivity contribution in [2.75, 3.05) is 6.61 Å². The van der Waals surface area contributed by atoms with Crippen LogP contribution in [-0.4, -0.2) is 12.3 Å². The molecule has 0 aliphatic heterocycles. The van der Waals surface area contributed by atoms with Crippen LogP contribution in [0.15, 0.2) is 5.16 Å². The first kappa shape index (κ1) is 11.0. The first-order chi connectivity index (χ1) is 7.02. The highest BCUT2D eigenvalue weighted by Crippen LogP contribution is 2.63. The van der Waals surface area contributed by atoms with E-state index in [2.05, 4.69) is 32.9 Å². The molecule has 2 fully saturated rings. The second kappa shape index (κ2) is 3.50. The van der Waals surface area contributed by atoms with Crippen LogP contribution < -0.4 is 0 Å². The van der Waals surface area contributed by atoms with Gasteiger partial charge in [0, 0.05) is 5.41 Å². The van der Waals surface area contributed by atoms with Crippen LogP contribution in [0.3, 0.4) is 0 Å². The van der Waals surface area contributed by atoms with E-state index in [1.54, 1.807) is 0 Å². The molecular weight excluding hydrogens is 186 g/mol. The van der Waals surface area contributed by atoms with Gasteiger partial charge in [0.05, 0.1) is 5.71 Å². The lowest BCUT2D eigenvalue weighted by Gasteiger charge is -2.34. The Morgan fingerprint density at radius 1 is 1.40 bits per heavy atom. The van der Waals surface area contributed by atoms with Crippen molar-refractivity contribution in [2.24, 2.45) is 21.9 Å². The maximum absolute atomic E-state index is 5.37. The van der Waals surface area contributed by atoms with Crippen LogP contribution in [0.5, 0.6) is 0 Å². The number of oxime groups is 1. The minimum Gasteiger partial charge on any atom is -0.396 e. The number of nitrogens with zero attached hydrogens (tertiary/aromatic N) is 1. The van der Waals surface area contributed by atoms with Crippen molar-refractivity contribution in [2.45, 2.75) is 53.4 Å². The molecule has 2 unspecified atom stereocenters. The van der Waals surface area contributed by atoms with Gasteiger partial charge in [0.15, 0.2) is 0 Å². The summed E-state index contributed by atoms with van der Waals surface area (Å²) in [5.74, 6) is 0.825. The van der Waals surface area contributed by atoms with Crippen molar-refractivity contribution in [1.29, 1.82) is 0 Å². The van der Waals surface area contributed by atoms with Crippen LogP contribution in [0.2, 0.25) is 0 Å². The Bertz CT molecular complexity index is 282. The molecule has 86 valence electrons. The van der Waals surface area contributed by atoms with Gasteiger partial charge in [-0.3, -0.25) is 0 Å². The highest BCUT2D eigenvalue weighted by atomic mass is 16.6. The lowest BCUT2D eigenvalue weighted by molar-refractivity contribution is 0.136. The molecule has 2 saturated carbocycles. The van der Waals surface area contributed by atoms with E-state index >= 15 is 0 Å². The van der Waals surface area contributed by atoms with E-state index in [0.29, 0.717) is 10.8 Å². The van der Waals surface area contributed by atoms with E-state index in [1.165, 1.54) is 18.6 Å². The first-order valence-electron chi connectivity index (χ1n) is 6.21. The summed E-state index contributed by atoms with van der Waals surface area (Å²) in [6.45, 7) is 10.0. The van der Waals surface area contributed by atoms with E-state index in [-0.39, 0.29) is 0 Å². The standard InChI is InChI=1S/C13H23NO/c1-5-8-15-14-11-9-10-6-7-13(11,4)12(10,2)3/h10H,5-9H2,1-4H3/b14-11-. The van der Waals surface area contributed by atoms with Crippen LogP contribution in [-0.2, 0) is 4.84 Å². The van der Waals surface area contributed by atoms with Crippen molar-refractivity contribution >= 4 is 5.71 Å². The van der Waals surface area contributed by atoms with Crippen molar-refractivity contribution in [1.82, 2.24) is 0 Å². The second-order valence-corrected chi connectivity index (χ2v) is 5.86. The molecule has 2 aliphatic rings. The van der Waals surface area contributed by atoms with Crippen molar-refractivity contribution < 1.29 is 4.84 Å². The van der Waals surface area contributed by atoms with Gasteiger partial charge in [-0.05, 0) is 37.0 Å². The van der Waals surface area contributed by atoms with E-state index in [1.807, 2.05) is 0 Å². The average molecular weight is 209 g/mol. The normalized spacial score (nSPS) is 40.0. The molecule has 0 amide bonds. The third-order valence-electron chi connectivity index (χ3n) is 4.98. The molecular formula is C13H23NO. The molecule has 2 rings (SSSR count). The fourth-order valence-corrected chi connectivity index (χ4v) is 3.28. The Kier molecular flexibility index (Phi) is 2.56. The largest absolute Gasteiger partial charge is 0.396 e. The maximum Gasteiger partial charge on any atom is 0.116 e. The summed E-state index contributed by atoms with van der Waals surface area (Å²) in [7, 11) is 0.